The van der Waals surface area contributed by atoms with Gasteiger partial charge in [-0.15, -0.1) is 0 Å². The van der Waals surface area contributed by atoms with Crippen LogP contribution in [0.5, 0.6) is 5.75 Å². The lowest BCUT2D eigenvalue weighted by atomic mass is 10.0. The van der Waals surface area contributed by atoms with Gasteiger partial charge in [-0.1, -0.05) is 31.2 Å². The van der Waals surface area contributed by atoms with Crippen LogP contribution in [0.1, 0.15) is 52.0 Å². The van der Waals surface area contributed by atoms with Crippen molar-refractivity contribution in [2.75, 3.05) is 6.61 Å². The van der Waals surface area contributed by atoms with Gasteiger partial charge in [-0.25, -0.2) is 4.79 Å². The molecule has 26 heavy (non-hydrogen) atoms. The van der Waals surface area contributed by atoms with Gasteiger partial charge in [-0.05, 0) is 50.8 Å². The van der Waals surface area contributed by atoms with Crippen LogP contribution in [0.4, 0.5) is 0 Å². The van der Waals surface area contributed by atoms with Crippen LogP contribution in [0, 0.1) is 0 Å². The van der Waals surface area contributed by atoms with E-state index in [2.05, 4.69) is 19.2 Å². The minimum Gasteiger partial charge on any atom is -0.484 e. The minimum atomic E-state index is -0.410. The predicted molar refractivity (Wildman–Crippen MR) is 102 cm³/mol. The predicted octanol–water partition coefficient (Wildman–Crippen LogP) is 2.99. The fourth-order valence-electron chi connectivity index (χ4n) is 3.09. The van der Waals surface area contributed by atoms with Gasteiger partial charge in [0, 0.05) is 13.0 Å². The Bertz CT molecular complexity index is 599. The largest absolute Gasteiger partial charge is 0.484 e. The second kappa shape index (κ2) is 9.74. The maximum Gasteiger partial charge on any atom is 0.365 e. The molecule has 0 spiro atoms. The highest BCUT2D eigenvalue weighted by molar-refractivity contribution is 5.74. The van der Waals surface area contributed by atoms with Crippen LogP contribution in [0.2, 0.25) is 0 Å². The molecular formula is C21H32NO4+. The number of benzene rings is 1. The fourth-order valence-corrected chi connectivity index (χ4v) is 3.09. The third-order valence-corrected chi connectivity index (χ3v) is 4.66. The molecule has 1 aliphatic heterocycles. The zero-order valence-corrected chi connectivity index (χ0v) is 16.2. The van der Waals surface area contributed by atoms with E-state index in [9.17, 15) is 4.79 Å². The molecule has 0 aliphatic carbocycles. The second-order valence-electron chi connectivity index (χ2n) is 7.07. The summed E-state index contributed by atoms with van der Waals surface area (Å²) < 4.78 is 17.9. The highest BCUT2D eigenvalue weighted by atomic mass is 16.6. The van der Waals surface area contributed by atoms with E-state index in [-0.39, 0.29) is 24.2 Å². The Hall–Kier alpha value is -1.85. The van der Waals surface area contributed by atoms with Crippen molar-refractivity contribution in [2.45, 2.75) is 70.8 Å². The molecule has 0 aromatic heterocycles. The zero-order chi connectivity index (χ0) is 19.1. The monoisotopic (exact) mass is 362 g/mol. The summed E-state index contributed by atoms with van der Waals surface area (Å²) in [6, 6.07) is 7.48. The Morgan fingerprint density at radius 2 is 2.00 bits per heavy atom. The SMILES string of the molecule is C=C(C)c1ccc(O[C@H]2[C@H](C)OC(=O)[C@@H]([NH3+])CCC[C@@H]2OCCC)cc1. The van der Waals surface area contributed by atoms with Crippen LogP contribution < -0.4 is 10.5 Å². The Kier molecular flexibility index (Phi) is 7.66. The lowest BCUT2D eigenvalue weighted by Crippen LogP contribution is -2.65. The zero-order valence-electron chi connectivity index (χ0n) is 16.2. The fraction of sp³-hybridized carbons (Fsp3) is 0.571. The van der Waals surface area contributed by atoms with Crippen LogP contribution in [0.15, 0.2) is 30.8 Å². The van der Waals surface area contributed by atoms with E-state index < -0.39 is 6.10 Å². The molecule has 4 atom stereocenters. The molecule has 1 aliphatic rings. The molecule has 5 heteroatoms. The number of rotatable bonds is 6. The van der Waals surface area contributed by atoms with Gasteiger partial charge in [0.25, 0.3) is 0 Å². The van der Waals surface area contributed by atoms with Crippen molar-refractivity contribution in [2.24, 2.45) is 0 Å². The average molecular weight is 362 g/mol. The van der Waals surface area contributed by atoms with Crippen molar-refractivity contribution in [1.29, 1.82) is 0 Å². The Balaban J connectivity index is 2.20. The van der Waals surface area contributed by atoms with Gasteiger partial charge in [0.05, 0.1) is 6.10 Å². The van der Waals surface area contributed by atoms with Crippen molar-refractivity contribution in [3.05, 3.63) is 36.4 Å². The molecule has 144 valence electrons. The van der Waals surface area contributed by atoms with Crippen LogP contribution in [-0.2, 0) is 14.3 Å². The Labute approximate surface area is 156 Å². The lowest BCUT2D eigenvalue weighted by Gasteiger charge is -2.31. The molecule has 2 rings (SSSR count). The maximum absolute atomic E-state index is 12.2. The number of quaternary nitrogens is 1. The number of carbonyl (C=O) groups excluding carboxylic acids is 1. The molecule has 0 saturated carbocycles. The lowest BCUT2D eigenvalue weighted by molar-refractivity contribution is -0.410. The van der Waals surface area contributed by atoms with Gasteiger partial charge in [0.2, 0.25) is 0 Å². The quantitative estimate of drug-likeness (QED) is 0.790. The molecular weight excluding hydrogens is 330 g/mol. The highest BCUT2D eigenvalue weighted by Gasteiger charge is 2.35. The molecule has 0 radical (unpaired) electrons. The normalized spacial score (nSPS) is 27.0. The van der Waals surface area contributed by atoms with E-state index in [4.69, 9.17) is 14.2 Å². The van der Waals surface area contributed by atoms with Crippen molar-refractivity contribution in [1.82, 2.24) is 0 Å². The topological polar surface area (TPSA) is 72.4 Å². The van der Waals surface area contributed by atoms with Gasteiger partial charge in [-0.3, -0.25) is 0 Å². The third-order valence-electron chi connectivity index (χ3n) is 4.66. The summed E-state index contributed by atoms with van der Waals surface area (Å²) >= 11 is 0. The van der Waals surface area contributed by atoms with Gasteiger partial charge < -0.3 is 19.9 Å². The van der Waals surface area contributed by atoms with Crippen molar-refractivity contribution in [3.63, 3.8) is 0 Å². The van der Waals surface area contributed by atoms with Gasteiger partial charge in [0.15, 0.2) is 12.1 Å². The summed E-state index contributed by atoms with van der Waals surface area (Å²) in [7, 11) is 0. The van der Waals surface area contributed by atoms with Crippen LogP contribution in [-0.4, -0.2) is 36.9 Å². The van der Waals surface area contributed by atoms with Gasteiger partial charge in [0.1, 0.15) is 11.9 Å². The Morgan fingerprint density at radius 1 is 1.31 bits per heavy atom. The van der Waals surface area contributed by atoms with Crippen molar-refractivity contribution >= 4 is 11.5 Å². The van der Waals surface area contributed by atoms with Crippen LogP contribution in [0.3, 0.4) is 0 Å². The average Bonchev–Trinajstić information content (AvgIpc) is 2.66. The van der Waals surface area contributed by atoms with Crippen molar-refractivity contribution < 1.29 is 24.7 Å². The second-order valence-corrected chi connectivity index (χ2v) is 7.07. The molecule has 0 amide bonds. The van der Waals surface area contributed by atoms with Gasteiger partial charge >= 0.3 is 5.97 Å². The number of carbonyl (C=O) groups is 1. The van der Waals surface area contributed by atoms with Crippen LogP contribution in [0.25, 0.3) is 5.57 Å². The minimum absolute atomic E-state index is 0.121. The Morgan fingerprint density at radius 3 is 2.62 bits per heavy atom. The number of cyclic esters (lactones) is 1. The first kappa shape index (κ1) is 20.5. The molecule has 3 N–H and O–H groups in total. The summed E-state index contributed by atoms with van der Waals surface area (Å²) in [6.45, 7) is 10.5. The van der Waals surface area contributed by atoms with E-state index in [0.29, 0.717) is 13.0 Å². The van der Waals surface area contributed by atoms with Crippen LogP contribution >= 0.6 is 0 Å². The number of ether oxygens (including phenoxy) is 3. The molecule has 1 fully saturated rings. The molecule has 1 aromatic rings. The molecule has 1 saturated heterocycles. The summed E-state index contributed by atoms with van der Waals surface area (Å²) in [4.78, 5) is 12.2. The number of hydrogen-bond acceptors (Lipinski definition) is 4. The number of esters is 1. The molecule has 1 aromatic carbocycles. The summed E-state index contributed by atoms with van der Waals surface area (Å²) in [5.74, 6) is 0.471. The summed E-state index contributed by atoms with van der Waals surface area (Å²) in [6.07, 6.45) is 2.43. The smallest absolute Gasteiger partial charge is 0.365 e. The van der Waals surface area contributed by atoms with E-state index >= 15 is 0 Å². The summed E-state index contributed by atoms with van der Waals surface area (Å²) in [5.41, 5.74) is 5.99. The number of allylic oxidation sites excluding steroid dienone is 1. The number of hydrogen-bond donors (Lipinski definition) is 1. The third kappa shape index (κ3) is 5.58. The van der Waals surface area contributed by atoms with E-state index in [1.54, 1.807) is 0 Å². The van der Waals surface area contributed by atoms with E-state index in [0.717, 1.165) is 36.1 Å². The summed E-state index contributed by atoms with van der Waals surface area (Å²) in [5, 5.41) is 0. The first-order valence-corrected chi connectivity index (χ1v) is 9.50. The first-order chi connectivity index (χ1) is 12.4. The molecule has 1 heterocycles. The van der Waals surface area contributed by atoms with E-state index in [1.165, 1.54) is 0 Å². The maximum atomic E-state index is 12.2. The highest BCUT2D eigenvalue weighted by Crippen LogP contribution is 2.25. The van der Waals surface area contributed by atoms with E-state index in [1.807, 2.05) is 38.1 Å². The molecule has 0 bridgehead atoms. The first-order valence-electron chi connectivity index (χ1n) is 9.50. The molecule has 0 unspecified atom stereocenters. The molecule has 5 nitrogen and oxygen atoms in total. The standard InChI is InChI=1S/C21H31NO4/c1-5-13-24-19-8-6-7-18(22)21(23)25-15(4)20(19)26-17-11-9-16(10-12-17)14(2)3/h9-12,15,18-20H,2,5-8,13,22H2,1,3-4H3/p+1/t15-,18-,19-,20-/m0/s1. The van der Waals surface area contributed by atoms with Crippen molar-refractivity contribution in [3.8, 4) is 5.75 Å². The van der Waals surface area contributed by atoms with Gasteiger partial charge in [-0.2, -0.15) is 0 Å².